The molecule has 3 aromatic carbocycles. The fourth-order valence-electron chi connectivity index (χ4n) is 3.87. The Morgan fingerprint density at radius 3 is 2.46 bits per heavy atom. The third-order valence-corrected chi connectivity index (χ3v) is 6.57. The summed E-state index contributed by atoms with van der Waals surface area (Å²) in [6.45, 7) is 4.27. The highest BCUT2D eigenvalue weighted by atomic mass is 32.2. The van der Waals surface area contributed by atoms with E-state index in [4.69, 9.17) is 5.73 Å². The minimum Gasteiger partial charge on any atom is -0.406 e. The predicted molar refractivity (Wildman–Crippen MR) is 158 cm³/mol. The highest BCUT2D eigenvalue weighted by Gasteiger charge is 2.32. The molecule has 0 radical (unpaired) electrons. The Morgan fingerprint density at radius 2 is 1.78 bits per heavy atom. The molecule has 0 atom stereocenters. The van der Waals surface area contributed by atoms with Gasteiger partial charge in [0.15, 0.2) is 5.17 Å². The summed E-state index contributed by atoms with van der Waals surface area (Å²) in [7, 11) is 0. The normalized spacial score (nSPS) is 15.7. The van der Waals surface area contributed by atoms with Crippen molar-refractivity contribution in [1.82, 2.24) is 0 Å². The number of alkyl halides is 3. The van der Waals surface area contributed by atoms with Gasteiger partial charge >= 0.3 is 6.36 Å². The van der Waals surface area contributed by atoms with Crippen molar-refractivity contribution < 1.29 is 22.7 Å². The first-order chi connectivity index (χ1) is 19.6. The summed E-state index contributed by atoms with van der Waals surface area (Å²) < 4.78 is 40.6. The number of halogens is 3. The number of nitrogens with zero attached hydrogens (tertiary/aromatic N) is 5. The van der Waals surface area contributed by atoms with Gasteiger partial charge in [-0.05, 0) is 53.8 Å². The van der Waals surface area contributed by atoms with Crippen LogP contribution in [-0.2, 0) is 11.2 Å². The van der Waals surface area contributed by atoms with Crippen molar-refractivity contribution in [1.29, 1.82) is 0 Å². The van der Waals surface area contributed by atoms with Crippen LogP contribution < -0.4 is 15.4 Å². The van der Waals surface area contributed by atoms with Crippen molar-refractivity contribution in [2.24, 2.45) is 31.8 Å². The molecule has 0 aliphatic carbocycles. The van der Waals surface area contributed by atoms with Crippen LogP contribution in [0.1, 0.15) is 30.5 Å². The highest BCUT2D eigenvalue weighted by Crippen LogP contribution is 2.31. The summed E-state index contributed by atoms with van der Waals surface area (Å²) in [5.74, 6) is 0.575. The second-order valence-electron chi connectivity index (χ2n) is 9.29. The van der Waals surface area contributed by atoms with Gasteiger partial charge in [-0.2, -0.15) is 5.10 Å². The summed E-state index contributed by atoms with van der Waals surface area (Å²) in [4.78, 5) is 22.4. The Kier molecular flexibility index (Phi) is 9.56. The van der Waals surface area contributed by atoms with Gasteiger partial charge in [-0.25, -0.2) is 9.98 Å². The molecule has 41 heavy (non-hydrogen) atoms. The minimum absolute atomic E-state index is 0.0321. The summed E-state index contributed by atoms with van der Waals surface area (Å²) in [5, 5.41) is 9.05. The number of ether oxygens (including phenoxy) is 1. The van der Waals surface area contributed by atoms with Crippen LogP contribution >= 0.6 is 11.8 Å². The highest BCUT2D eigenvalue weighted by molar-refractivity contribution is 8.15. The summed E-state index contributed by atoms with van der Waals surface area (Å²) in [6, 6.07) is 20.0. The standard InChI is InChI=1S/C29H27F3N6O2S/c1-19(2)15-22-5-3-4-6-25(22)38-26(39)17-41-28(38)37-36-16-20-7-9-21(10-8-20)27(33)35-18-34-23-11-13-24(14-12-23)40-29(30,31)32/h3-14,16,18-19H,15,17H2,1-2H3,(H2,33,34,35)/b36-16-,37-28+. The fourth-order valence-corrected chi connectivity index (χ4v) is 4.68. The van der Waals surface area contributed by atoms with Crippen molar-refractivity contribution in [3.05, 3.63) is 89.5 Å². The number of para-hydroxylation sites is 1. The van der Waals surface area contributed by atoms with E-state index < -0.39 is 6.36 Å². The number of carbonyl (C=O) groups is 1. The van der Waals surface area contributed by atoms with Crippen molar-refractivity contribution in [3.8, 4) is 5.75 Å². The fraction of sp³-hybridized carbons (Fsp3) is 0.207. The molecule has 0 bridgehead atoms. The van der Waals surface area contributed by atoms with Gasteiger partial charge in [0, 0.05) is 5.56 Å². The number of amidine groups is 2. The van der Waals surface area contributed by atoms with E-state index in [2.05, 4.69) is 38.8 Å². The van der Waals surface area contributed by atoms with Crippen LogP contribution in [0.4, 0.5) is 24.5 Å². The number of amides is 1. The van der Waals surface area contributed by atoms with Gasteiger partial charge in [0.2, 0.25) is 5.91 Å². The molecule has 212 valence electrons. The molecule has 0 saturated carbocycles. The van der Waals surface area contributed by atoms with Crippen LogP contribution in [0.3, 0.4) is 0 Å². The van der Waals surface area contributed by atoms with Gasteiger partial charge in [-0.15, -0.1) is 18.3 Å². The molecule has 3 aromatic rings. The van der Waals surface area contributed by atoms with Gasteiger partial charge in [-0.1, -0.05) is 68.1 Å². The first kappa shape index (κ1) is 29.5. The maximum Gasteiger partial charge on any atom is 0.573 e. The summed E-state index contributed by atoms with van der Waals surface area (Å²) in [5.41, 5.74) is 9.74. The van der Waals surface area contributed by atoms with Crippen LogP contribution in [0.15, 0.2) is 93.0 Å². The largest absolute Gasteiger partial charge is 0.573 e. The average molecular weight is 581 g/mol. The topological polar surface area (TPSA) is 105 Å². The molecule has 2 N–H and O–H groups in total. The van der Waals surface area contributed by atoms with Crippen molar-refractivity contribution in [2.75, 3.05) is 10.7 Å². The predicted octanol–water partition coefficient (Wildman–Crippen LogP) is 6.32. The molecule has 1 saturated heterocycles. The van der Waals surface area contributed by atoms with Gasteiger partial charge < -0.3 is 10.5 Å². The Bertz CT molecular complexity index is 1480. The molecule has 0 unspecified atom stereocenters. The van der Waals surface area contributed by atoms with Gasteiger partial charge in [-0.3, -0.25) is 9.69 Å². The molecule has 4 rings (SSSR count). The number of hydrogen-bond donors (Lipinski definition) is 1. The molecule has 0 aromatic heterocycles. The second kappa shape index (κ2) is 13.3. The third kappa shape index (κ3) is 8.52. The zero-order valence-corrected chi connectivity index (χ0v) is 23.1. The molecule has 8 nitrogen and oxygen atoms in total. The molecule has 12 heteroatoms. The molecule has 1 aliphatic heterocycles. The average Bonchev–Trinajstić information content (AvgIpc) is 3.29. The van der Waals surface area contributed by atoms with E-state index in [9.17, 15) is 18.0 Å². The van der Waals surface area contributed by atoms with Crippen LogP contribution in [-0.4, -0.2) is 41.6 Å². The first-order valence-corrected chi connectivity index (χ1v) is 13.5. The Hall–Kier alpha value is -4.45. The molecule has 1 aliphatic rings. The number of aliphatic imine (C=N–C) groups is 2. The minimum atomic E-state index is -4.75. The maximum atomic E-state index is 12.7. The van der Waals surface area contributed by atoms with Gasteiger partial charge in [0.1, 0.15) is 17.9 Å². The Morgan fingerprint density at radius 1 is 1.07 bits per heavy atom. The number of hydrogen-bond acceptors (Lipinski definition) is 6. The number of benzene rings is 3. The smallest absolute Gasteiger partial charge is 0.406 e. The van der Waals surface area contributed by atoms with E-state index in [-0.39, 0.29) is 17.5 Å². The molecule has 1 heterocycles. The lowest BCUT2D eigenvalue weighted by Gasteiger charge is -2.20. The van der Waals surface area contributed by atoms with E-state index in [1.807, 2.05) is 24.3 Å². The van der Waals surface area contributed by atoms with Crippen LogP contribution in [0.2, 0.25) is 0 Å². The Balaban J connectivity index is 1.39. The van der Waals surface area contributed by atoms with Crippen molar-refractivity contribution in [2.45, 2.75) is 26.6 Å². The molecule has 1 fully saturated rings. The SMILES string of the molecule is CC(C)Cc1ccccc1N1C(=O)CS/C1=N/N=C\c1ccc(C(N)=NC=Nc2ccc(OC(F)(F)F)cc2)cc1. The number of thioether (sulfide) groups is 1. The van der Waals surface area contributed by atoms with E-state index in [0.717, 1.165) is 35.4 Å². The zero-order valence-electron chi connectivity index (χ0n) is 22.2. The van der Waals surface area contributed by atoms with Gasteiger partial charge in [0.25, 0.3) is 0 Å². The number of carbonyl (C=O) groups excluding carboxylic acids is 1. The van der Waals surface area contributed by atoms with Gasteiger partial charge in [0.05, 0.1) is 23.3 Å². The molecule has 0 spiro atoms. The Labute approximate surface area is 239 Å². The van der Waals surface area contributed by atoms with E-state index >= 15 is 0 Å². The maximum absolute atomic E-state index is 12.7. The quantitative estimate of drug-likeness (QED) is 0.182. The van der Waals surface area contributed by atoms with Crippen LogP contribution in [0.5, 0.6) is 5.75 Å². The lowest BCUT2D eigenvalue weighted by atomic mass is 10.0. The molecular weight excluding hydrogens is 553 g/mol. The monoisotopic (exact) mass is 580 g/mol. The van der Waals surface area contributed by atoms with Crippen LogP contribution in [0.25, 0.3) is 0 Å². The van der Waals surface area contributed by atoms with Crippen molar-refractivity contribution >= 4 is 52.6 Å². The summed E-state index contributed by atoms with van der Waals surface area (Å²) in [6.07, 6.45) is -1.11. The lowest BCUT2D eigenvalue weighted by Crippen LogP contribution is -2.30. The summed E-state index contributed by atoms with van der Waals surface area (Å²) >= 11 is 1.35. The second-order valence-corrected chi connectivity index (χ2v) is 10.2. The van der Waals surface area contributed by atoms with E-state index in [0.29, 0.717) is 28.1 Å². The first-order valence-electron chi connectivity index (χ1n) is 12.6. The third-order valence-electron chi connectivity index (χ3n) is 5.66. The van der Waals surface area contributed by atoms with Crippen LogP contribution in [0, 0.1) is 5.92 Å². The number of rotatable bonds is 9. The van der Waals surface area contributed by atoms with Crippen molar-refractivity contribution in [3.63, 3.8) is 0 Å². The molecule has 1 amide bonds. The molecular formula is C29H27F3N6O2S. The van der Waals surface area contributed by atoms with E-state index in [1.165, 1.54) is 30.2 Å². The number of nitrogens with two attached hydrogens (primary N) is 1. The van der Waals surface area contributed by atoms with E-state index in [1.54, 1.807) is 35.4 Å². The lowest BCUT2D eigenvalue weighted by molar-refractivity contribution is -0.274. The number of anilines is 1. The zero-order chi connectivity index (χ0) is 29.4.